The third kappa shape index (κ3) is 3.97. The molecule has 2 bridgehead atoms. The Morgan fingerprint density at radius 1 is 0.946 bits per heavy atom. The van der Waals surface area contributed by atoms with Gasteiger partial charge in [-0.1, -0.05) is 93.0 Å². The Balaban J connectivity index is 1.30. The summed E-state index contributed by atoms with van der Waals surface area (Å²) in [6.07, 6.45) is 9.50. The van der Waals surface area contributed by atoms with Crippen LogP contribution in [-0.4, -0.2) is 41.5 Å². The Morgan fingerprint density at radius 3 is 2.11 bits per heavy atom. The lowest BCUT2D eigenvalue weighted by Crippen LogP contribution is -2.68. The fourth-order valence-electron chi connectivity index (χ4n) is 6.53. The van der Waals surface area contributed by atoms with Crippen molar-refractivity contribution >= 4 is 35.8 Å². The van der Waals surface area contributed by atoms with Crippen LogP contribution in [0, 0.1) is 0 Å². The van der Waals surface area contributed by atoms with Gasteiger partial charge in [0.05, 0.1) is 30.4 Å². The van der Waals surface area contributed by atoms with Crippen LogP contribution in [0.25, 0.3) is 5.52 Å². The van der Waals surface area contributed by atoms with Crippen molar-refractivity contribution in [2.45, 2.75) is 62.5 Å². The van der Waals surface area contributed by atoms with Crippen LogP contribution in [0.3, 0.4) is 0 Å². The van der Waals surface area contributed by atoms with Crippen LogP contribution in [-0.2, 0) is 14.6 Å². The predicted octanol–water partition coefficient (Wildman–Crippen LogP) is 5.54. The zero-order chi connectivity index (χ0) is 25.7. The molecule has 2 aromatic heterocycles. The topological polar surface area (TPSA) is 48.7 Å². The lowest BCUT2D eigenvalue weighted by molar-refractivity contribution is -0.174. The molecular formula is C30H34ClN3O2Si. The molecule has 0 spiro atoms. The molecule has 5 nitrogen and oxygen atoms in total. The van der Waals surface area contributed by atoms with Crippen LogP contribution in [0.4, 0.5) is 0 Å². The lowest BCUT2D eigenvalue weighted by Gasteiger charge is -2.54. The smallest absolute Gasteiger partial charge is 0.261 e. The summed E-state index contributed by atoms with van der Waals surface area (Å²) in [7, 11) is -2.61. The van der Waals surface area contributed by atoms with Crippen LogP contribution >= 0.6 is 11.6 Å². The van der Waals surface area contributed by atoms with Crippen molar-refractivity contribution in [1.29, 1.82) is 0 Å². The first-order valence-electron chi connectivity index (χ1n) is 13.2. The minimum absolute atomic E-state index is 0.0541. The SMILES string of the molecule is CC(C)(C)[Si](OCC12CCC(c3ncc4c(Cl)nccn34)(CC1)CO2)(c1ccccc1)c1ccccc1. The van der Waals surface area contributed by atoms with Crippen molar-refractivity contribution in [2.24, 2.45) is 0 Å². The predicted molar refractivity (Wildman–Crippen MR) is 150 cm³/mol. The van der Waals surface area contributed by atoms with E-state index in [0.29, 0.717) is 18.4 Å². The maximum absolute atomic E-state index is 7.30. The summed E-state index contributed by atoms with van der Waals surface area (Å²) in [4.78, 5) is 9.01. The highest BCUT2D eigenvalue weighted by atomic mass is 35.5. The second-order valence-corrected chi connectivity index (χ2v) is 16.4. The highest BCUT2D eigenvalue weighted by Crippen LogP contribution is 2.51. The molecule has 0 amide bonds. The van der Waals surface area contributed by atoms with Gasteiger partial charge in [0.1, 0.15) is 11.3 Å². The molecule has 1 saturated carbocycles. The number of aromatic nitrogens is 3. The molecule has 0 N–H and O–H groups in total. The molecule has 0 unspecified atom stereocenters. The molecule has 3 aliphatic rings. The van der Waals surface area contributed by atoms with E-state index >= 15 is 0 Å². The standard InChI is InChI=1S/C30H34ClN3O2Si/c1-28(2,3)37(23-10-6-4-7-11-23,24-12-8-5-9-13-24)36-22-30-16-14-29(15-17-30,21-35-30)27-33-20-25-26(31)32-18-19-34(25)27/h4-13,18-20H,14-17,21-22H2,1-3H3. The summed E-state index contributed by atoms with van der Waals surface area (Å²) < 4.78 is 16.1. The van der Waals surface area contributed by atoms with Crippen molar-refractivity contribution in [3.63, 3.8) is 0 Å². The van der Waals surface area contributed by atoms with Gasteiger partial charge in [-0.05, 0) is 41.1 Å². The van der Waals surface area contributed by atoms with E-state index < -0.39 is 8.32 Å². The van der Waals surface area contributed by atoms with Crippen molar-refractivity contribution in [3.8, 4) is 0 Å². The minimum Gasteiger partial charge on any atom is -0.404 e. The van der Waals surface area contributed by atoms with Crippen molar-refractivity contribution < 1.29 is 9.16 Å². The number of ether oxygens (including phenoxy) is 1. The van der Waals surface area contributed by atoms with E-state index in [1.807, 2.05) is 12.4 Å². The van der Waals surface area contributed by atoms with Crippen LogP contribution in [0.1, 0.15) is 52.3 Å². The molecule has 37 heavy (non-hydrogen) atoms. The number of fused-ring (bicyclic) bond motifs is 4. The Kier molecular flexibility index (Phi) is 6.07. The van der Waals surface area contributed by atoms with Gasteiger partial charge >= 0.3 is 0 Å². The molecule has 3 fully saturated rings. The summed E-state index contributed by atoms with van der Waals surface area (Å²) in [5.74, 6) is 1.04. The quantitative estimate of drug-likeness (QED) is 0.306. The van der Waals surface area contributed by atoms with E-state index in [0.717, 1.165) is 37.0 Å². The summed E-state index contributed by atoms with van der Waals surface area (Å²) in [5, 5.41) is 3.04. The minimum atomic E-state index is -2.61. The number of nitrogens with zero attached hydrogens (tertiary/aromatic N) is 3. The number of halogens is 1. The monoisotopic (exact) mass is 531 g/mol. The van der Waals surface area contributed by atoms with E-state index in [1.54, 1.807) is 6.20 Å². The third-order valence-electron chi connectivity index (χ3n) is 8.63. The van der Waals surface area contributed by atoms with Gasteiger partial charge in [0.25, 0.3) is 8.32 Å². The average Bonchev–Trinajstić information content (AvgIpc) is 3.37. The van der Waals surface area contributed by atoms with E-state index in [9.17, 15) is 0 Å². The van der Waals surface area contributed by atoms with Gasteiger partial charge < -0.3 is 9.16 Å². The number of hydrogen-bond donors (Lipinski definition) is 0. The van der Waals surface area contributed by atoms with Gasteiger partial charge in [-0.2, -0.15) is 0 Å². The van der Waals surface area contributed by atoms with Gasteiger partial charge in [-0.15, -0.1) is 0 Å². The second kappa shape index (κ2) is 9.05. The first kappa shape index (κ1) is 24.8. The third-order valence-corrected chi connectivity index (χ3v) is 13.9. The molecule has 0 radical (unpaired) electrons. The molecule has 7 heteroatoms. The molecule has 4 aromatic rings. The molecule has 2 aliphatic heterocycles. The molecule has 7 rings (SSSR count). The Labute approximate surface area is 225 Å². The molecule has 2 aromatic carbocycles. The van der Waals surface area contributed by atoms with Gasteiger partial charge in [-0.25, -0.2) is 9.97 Å². The summed E-state index contributed by atoms with van der Waals surface area (Å²) in [6.45, 7) is 8.24. The lowest BCUT2D eigenvalue weighted by atomic mass is 9.66. The van der Waals surface area contributed by atoms with Gasteiger partial charge in [0.2, 0.25) is 0 Å². The van der Waals surface area contributed by atoms with E-state index in [2.05, 4.69) is 90.8 Å². The van der Waals surface area contributed by atoms with Crippen molar-refractivity contribution in [1.82, 2.24) is 14.4 Å². The highest BCUT2D eigenvalue weighted by Gasteiger charge is 2.56. The van der Waals surface area contributed by atoms with Crippen LogP contribution < -0.4 is 10.4 Å². The summed E-state index contributed by atoms with van der Waals surface area (Å²) in [6, 6.07) is 21.7. The zero-order valence-electron chi connectivity index (χ0n) is 21.8. The molecule has 4 heterocycles. The van der Waals surface area contributed by atoms with Crippen molar-refractivity contribution in [2.75, 3.05) is 13.2 Å². The number of benzene rings is 2. The first-order chi connectivity index (χ1) is 17.8. The number of imidazole rings is 1. The largest absolute Gasteiger partial charge is 0.404 e. The van der Waals surface area contributed by atoms with E-state index in [4.69, 9.17) is 25.7 Å². The average molecular weight is 532 g/mol. The molecule has 1 aliphatic carbocycles. The van der Waals surface area contributed by atoms with Crippen LogP contribution in [0.2, 0.25) is 10.2 Å². The normalized spacial score (nSPS) is 24.0. The zero-order valence-corrected chi connectivity index (χ0v) is 23.5. The first-order valence-corrected chi connectivity index (χ1v) is 15.4. The molecule has 0 atom stereocenters. The van der Waals surface area contributed by atoms with E-state index in [1.165, 1.54) is 10.4 Å². The maximum atomic E-state index is 7.30. The Morgan fingerprint density at radius 2 is 1.57 bits per heavy atom. The summed E-state index contributed by atoms with van der Waals surface area (Å²) >= 11 is 6.34. The Hall–Kier alpha value is -2.51. The second-order valence-electron chi connectivity index (χ2n) is 11.8. The molecule has 2 saturated heterocycles. The Bertz CT molecular complexity index is 1340. The van der Waals surface area contributed by atoms with Crippen LogP contribution in [0.5, 0.6) is 0 Å². The number of hydrogen-bond acceptors (Lipinski definition) is 4. The van der Waals surface area contributed by atoms with Gasteiger partial charge in [-0.3, -0.25) is 4.40 Å². The van der Waals surface area contributed by atoms with Crippen molar-refractivity contribution in [3.05, 3.63) is 90.2 Å². The molecule has 192 valence electrons. The fourth-order valence-corrected chi connectivity index (χ4v) is 11.4. The fraction of sp³-hybridized carbons (Fsp3) is 0.400. The van der Waals surface area contributed by atoms with E-state index in [-0.39, 0.29) is 16.1 Å². The highest BCUT2D eigenvalue weighted by molar-refractivity contribution is 6.99. The number of rotatable bonds is 6. The maximum Gasteiger partial charge on any atom is 0.261 e. The van der Waals surface area contributed by atoms with Crippen LogP contribution in [0.15, 0.2) is 79.3 Å². The van der Waals surface area contributed by atoms with Gasteiger partial charge in [0.15, 0.2) is 5.15 Å². The van der Waals surface area contributed by atoms with Gasteiger partial charge in [0, 0.05) is 12.4 Å². The summed E-state index contributed by atoms with van der Waals surface area (Å²) in [5.41, 5.74) is 0.489. The molecular weight excluding hydrogens is 498 g/mol.